The summed E-state index contributed by atoms with van der Waals surface area (Å²) in [5, 5.41) is 9.20. The van der Waals surface area contributed by atoms with E-state index in [-0.39, 0.29) is 27.6 Å². The molecule has 0 saturated heterocycles. The van der Waals surface area contributed by atoms with E-state index in [1.54, 1.807) is 25.1 Å². The van der Waals surface area contributed by atoms with Crippen molar-refractivity contribution in [3.05, 3.63) is 83.4 Å². The first kappa shape index (κ1) is 24.5. The summed E-state index contributed by atoms with van der Waals surface area (Å²) in [6.07, 6.45) is -4.79. The third-order valence-corrected chi connectivity index (χ3v) is 6.89. The molecule has 0 spiro atoms. The summed E-state index contributed by atoms with van der Waals surface area (Å²) in [6.45, 7) is 1.57. The Morgan fingerprint density at radius 3 is 2.36 bits per heavy atom. The molecule has 33 heavy (non-hydrogen) atoms. The molecular formula is C22H18F3NO5S2. The first-order valence-corrected chi connectivity index (χ1v) is 11.8. The number of carbonyl (C=O) groups is 1. The molecule has 3 rings (SSSR count). The van der Waals surface area contributed by atoms with Crippen LogP contribution in [0.2, 0.25) is 0 Å². The Hall–Kier alpha value is -3.18. The van der Waals surface area contributed by atoms with Gasteiger partial charge in [-0.25, -0.2) is 13.2 Å². The lowest BCUT2D eigenvalue weighted by molar-refractivity contribution is -0.274. The van der Waals surface area contributed by atoms with E-state index >= 15 is 0 Å². The van der Waals surface area contributed by atoms with Gasteiger partial charge in [0.25, 0.3) is 10.0 Å². The monoisotopic (exact) mass is 497 g/mol. The second-order valence-corrected chi connectivity index (χ2v) is 9.59. The minimum Gasteiger partial charge on any atom is -0.478 e. The molecule has 0 fully saturated rings. The first-order chi connectivity index (χ1) is 15.4. The number of nitrogens with one attached hydrogen (secondary N) is 1. The van der Waals surface area contributed by atoms with Gasteiger partial charge in [0.1, 0.15) is 5.75 Å². The summed E-state index contributed by atoms with van der Waals surface area (Å²) in [5.41, 5.74) is 0.931. The number of benzene rings is 3. The summed E-state index contributed by atoms with van der Waals surface area (Å²) in [5.74, 6) is -1.30. The first-order valence-electron chi connectivity index (χ1n) is 9.38. The minimum atomic E-state index is -4.79. The van der Waals surface area contributed by atoms with E-state index < -0.39 is 22.4 Å². The lowest BCUT2D eigenvalue weighted by atomic mass is 10.1. The molecule has 3 aromatic rings. The number of hydrogen-bond acceptors (Lipinski definition) is 5. The van der Waals surface area contributed by atoms with Gasteiger partial charge in [-0.1, -0.05) is 24.3 Å². The van der Waals surface area contributed by atoms with Crippen LogP contribution in [0.1, 0.15) is 21.5 Å². The van der Waals surface area contributed by atoms with E-state index in [1.165, 1.54) is 54.2 Å². The van der Waals surface area contributed by atoms with E-state index in [4.69, 9.17) is 0 Å². The average molecular weight is 498 g/mol. The fraction of sp³-hybridized carbons (Fsp3) is 0.136. The van der Waals surface area contributed by atoms with E-state index in [0.29, 0.717) is 16.0 Å². The number of carboxylic acid groups (broad SMARTS) is 1. The fourth-order valence-corrected chi connectivity index (χ4v) is 4.81. The molecule has 3 aromatic carbocycles. The Morgan fingerprint density at radius 1 is 1.06 bits per heavy atom. The standard InChI is InChI=1S/C22H18F3NO5S2/c1-14-6-11-18(12-19(14)21(27)28)33(29,30)26-16-7-9-17(10-8-16)32-13-15-4-2-3-5-20(15)31-22(23,24)25/h2-12,26H,13H2,1H3,(H,27,28). The predicted octanol–water partition coefficient (Wildman–Crippen LogP) is 5.68. The minimum absolute atomic E-state index is 0.112. The van der Waals surface area contributed by atoms with Gasteiger partial charge in [-0.05, 0) is 55.0 Å². The maximum absolute atomic E-state index is 12.6. The Kier molecular flexibility index (Phi) is 7.23. The molecule has 0 atom stereocenters. The Bertz CT molecular complexity index is 1260. The zero-order valence-corrected chi connectivity index (χ0v) is 18.7. The van der Waals surface area contributed by atoms with Crippen molar-refractivity contribution < 1.29 is 36.2 Å². The molecule has 6 nitrogen and oxygen atoms in total. The highest BCUT2D eigenvalue weighted by Gasteiger charge is 2.32. The van der Waals surface area contributed by atoms with Crippen molar-refractivity contribution in [2.45, 2.75) is 28.8 Å². The van der Waals surface area contributed by atoms with Gasteiger partial charge in [0.15, 0.2) is 0 Å². The number of sulfonamides is 1. The molecule has 0 aliphatic carbocycles. The van der Waals surface area contributed by atoms with Crippen LogP contribution in [-0.4, -0.2) is 25.9 Å². The number of aryl methyl sites for hydroxylation is 1. The third kappa shape index (κ3) is 6.65. The molecule has 0 aromatic heterocycles. The van der Waals surface area contributed by atoms with Crippen LogP contribution in [0.25, 0.3) is 0 Å². The number of thioether (sulfide) groups is 1. The number of halogens is 3. The number of hydrogen-bond donors (Lipinski definition) is 2. The Morgan fingerprint density at radius 2 is 1.73 bits per heavy atom. The lowest BCUT2D eigenvalue weighted by Gasteiger charge is -2.13. The molecule has 0 amide bonds. The van der Waals surface area contributed by atoms with E-state index in [9.17, 15) is 31.5 Å². The zero-order valence-electron chi connectivity index (χ0n) is 17.1. The Balaban J connectivity index is 1.69. The topological polar surface area (TPSA) is 92.7 Å². The molecule has 0 aliphatic rings. The maximum atomic E-state index is 12.6. The van der Waals surface area contributed by atoms with Crippen molar-refractivity contribution in [2.75, 3.05) is 4.72 Å². The normalized spacial score (nSPS) is 11.8. The highest BCUT2D eigenvalue weighted by atomic mass is 32.2. The van der Waals surface area contributed by atoms with Gasteiger partial charge in [-0.15, -0.1) is 24.9 Å². The van der Waals surface area contributed by atoms with Crippen LogP contribution in [0.5, 0.6) is 5.75 Å². The molecule has 2 N–H and O–H groups in total. The van der Waals surface area contributed by atoms with Gasteiger partial charge < -0.3 is 9.84 Å². The Labute approximate surface area is 192 Å². The summed E-state index contributed by atoms with van der Waals surface area (Å²) >= 11 is 1.25. The molecule has 0 saturated carbocycles. The molecule has 0 bridgehead atoms. The van der Waals surface area contributed by atoms with Gasteiger partial charge in [-0.2, -0.15) is 0 Å². The summed E-state index contributed by atoms with van der Waals surface area (Å²) in [6, 6.07) is 15.9. The summed E-state index contributed by atoms with van der Waals surface area (Å²) in [7, 11) is -4.02. The van der Waals surface area contributed by atoms with Crippen molar-refractivity contribution in [3.8, 4) is 5.75 Å². The molecule has 0 unspecified atom stereocenters. The van der Waals surface area contributed by atoms with Crippen LogP contribution in [-0.2, 0) is 15.8 Å². The third-order valence-electron chi connectivity index (χ3n) is 4.45. The largest absolute Gasteiger partial charge is 0.573 e. The smallest absolute Gasteiger partial charge is 0.478 e. The number of carboxylic acids is 1. The number of rotatable bonds is 8. The van der Waals surface area contributed by atoms with Gasteiger partial charge in [0, 0.05) is 21.9 Å². The molecule has 0 radical (unpaired) electrons. The highest BCUT2D eigenvalue weighted by molar-refractivity contribution is 7.98. The van der Waals surface area contributed by atoms with Crippen LogP contribution in [0.15, 0.2) is 76.5 Å². The van der Waals surface area contributed by atoms with E-state index in [1.807, 2.05) is 0 Å². The van der Waals surface area contributed by atoms with Crippen molar-refractivity contribution in [3.63, 3.8) is 0 Å². The quantitative estimate of drug-likeness (QED) is 0.389. The number of aromatic carboxylic acids is 1. The molecule has 174 valence electrons. The van der Waals surface area contributed by atoms with Crippen molar-refractivity contribution in [1.82, 2.24) is 0 Å². The zero-order chi connectivity index (χ0) is 24.2. The fourth-order valence-electron chi connectivity index (χ4n) is 2.84. The van der Waals surface area contributed by atoms with Crippen LogP contribution < -0.4 is 9.46 Å². The van der Waals surface area contributed by atoms with Crippen LogP contribution >= 0.6 is 11.8 Å². The summed E-state index contributed by atoms with van der Waals surface area (Å²) in [4.78, 5) is 11.8. The lowest BCUT2D eigenvalue weighted by Crippen LogP contribution is -2.18. The SMILES string of the molecule is Cc1ccc(S(=O)(=O)Nc2ccc(SCc3ccccc3OC(F)(F)F)cc2)cc1C(=O)O. The van der Waals surface area contributed by atoms with Crippen molar-refractivity contribution in [2.24, 2.45) is 0 Å². The molecule has 0 heterocycles. The maximum Gasteiger partial charge on any atom is 0.573 e. The van der Waals surface area contributed by atoms with E-state index in [0.717, 1.165) is 6.07 Å². The number of anilines is 1. The summed E-state index contributed by atoms with van der Waals surface area (Å²) < 4.78 is 69.3. The van der Waals surface area contributed by atoms with Gasteiger partial charge >= 0.3 is 12.3 Å². The van der Waals surface area contributed by atoms with Gasteiger partial charge in [0.05, 0.1) is 10.5 Å². The van der Waals surface area contributed by atoms with Crippen LogP contribution in [0.3, 0.4) is 0 Å². The number of alkyl halides is 3. The number of para-hydroxylation sites is 1. The van der Waals surface area contributed by atoms with E-state index in [2.05, 4.69) is 9.46 Å². The predicted molar refractivity (Wildman–Crippen MR) is 118 cm³/mol. The number of ether oxygens (including phenoxy) is 1. The van der Waals surface area contributed by atoms with Crippen LogP contribution in [0, 0.1) is 6.92 Å². The van der Waals surface area contributed by atoms with Crippen LogP contribution in [0.4, 0.5) is 18.9 Å². The second-order valence-electron chi connectivity index (χ2n) is 6.86. The molecule has 0 aliphatic heterocycles. The molecular weight excluding hydrogens is 479 g/mol. The van der Waals surface area contributed by atoms with Crippen molar-refractivity contribution in [1.29, 1.82) is 0 Å². The van der Waals surface area contributed by atoms with Crippen molar-refractivity contribution >= 4 is 33.4 Å². The second kappa shape index (κ2) is 9.75. The average Bonchev–Trinajstić information content (AvgIpc) is 2.73. The molecule has 11 heteroatoms. The van der Waals surface area contributed by atoms with Gasteiger partial charge in [0.2, 0.25) is 0 Å². The van der Waals surface area contributed by atoms with Gasteiger partial charge in [-0.3, -0.25) is 4.72 Å². The highest BCUT2D eigenvalue weighted by Crippen LogP contribution is 2.32.